The van der Waals surface area contributed by atoms with Crippen LogP contribution >= 0.6 is 0 Å². The van der Waals surface area contributed by atoms with Crippen LogP contribution in [0.5, 0.6) is 5.75 Å². The standard InChI is InChI=1S/C29H35F2N3O4/c1-18-12-25(38-3)22(20-6-8-33-26(18)20)15-34-10-7-28(16-29(30,31)17-28)14-24(34)21-5-4-19(27(35)36)13-23(21)32-9-11-37-2/h4-6,8,12-13,24,32-33H,7,9-11,14-17H2,1-3H3,(H,35,36)/t24-/m0/s1. The van der Waals surface area contributed by atoms with Crippen LogP contribution in [0, 0.1) is 12.3 Å². The van der Waals surface area contributed by atoms with Gasteiger partial charge in [0.25, 0.3) is 0 Å². The summed E-state index contributed by atoms with van der Waals surface area (Å²) in [5.41, 5.74) is 4.56. The lowest BCUT2D eigenvalue weighted by atomic mass is 9.58. The lowest BCUT2D eigenvalue weighted by molar-refractivity contribution is -0.186. The van der Waals surface area contributed by atoms with Crippen molar-refractivity contribution in [2.75, 3.05) is 39.2 Å². The zero-order chi connectivity index (χ0) is 27.1. The number of carbonyl (C=O) groups is 1. The van der Waals surface area contributed by atoms with Gasteiger partial charge >= 0.3 is 5.97 Å². The minimum atomic E-state index is -2.61. The van der Waals surface area contributed by atoms with Crippen molar-refractivity contribution in [2.45, 2.75) is 51.1 Å². The normalized spacial score (nSPS) is 20.4. The number of aromatic nitrogens is 1. The molecule has 2 aromatic carbocycles. The highest BCUT2D eigenvalue weighted by Gasteiger charge is 2.58. The number of carboxylic acids is 1. The minimum Gasteiger partial charge on any atom is -0.496 e. The van der Waals surface area contributed by atoms with Crippen molar-refractivity contribution in [3.63, 3.8) is 0 Å². The summed E-state index contributed by atoms with van der Waals surface area (Å²) in [5.74, 6) is -2.83. The number of hydrogen-bond acceptors (Lipinski definition) is 5. The third kappa shape index (κ3) is 4.97. The maximum absolute atomic E-state index is 14.1. The van der Waals surface area contributed by atoms with Crippen molar-refractivity contribution in [1.29, 1.82) is 0 Å². The van der Waals surface area contributed by atoms with Gasteiger partial charge in [0.15, 0.2) is 0 Å². The van der Waals surface area contributed by atoms with Crippen molar-refractivity contribution in [3.8, 4) is 5.75 Å². The average molecular weight is 528 g/mol. The van der Waals surface area contributed by atoms with Gasteiger partial charge in [-0.2, -0.15) is 0 Å². The van der Waals surface area contributed by atoms with E-state index in [0.717, 1.165) is 33.3 Å². The number of methoxy groups -OCH3 is 2. The first-order valence-electron chi connectivity index (χ1n) is 13.0. The third-order valence-corrected chi connectivity index (χ3v) is 8.24. The number of aromatic carboxylic acids is 1. The first-order chi connectivity index (χ1) is 18.1. The number of nitrogens with one attached hydrogen (secondary N) is 2. The van der Waals surface area contributed by atoms with Crippen molar-refractivity contribution in [1.82, 2.24) is 9.88 Å². The number of halogens is 2. The highest BCUT2D eigenvalue weighted by atomic mass is 19.3. The molecule has 0 bridgehead atoms. The molecule has 7 nitrogen and oxygen atoms in total. The Balaban J connectivity index is 1.55. The number of nitrogens with zero attached hydrogens (tertiary/aromatic N) is 1. The number of ether oxygens (including phenoxy) is 2. The maximum Gasteiger partial charge on any atom is 0.335 e. The van der Waals surface area contributed by atoms with Gasteiger partial charge in [-0.15, -0.1) is 0 Å². The Kier molecular flexibility index (Phi) is 7.09. The van der Waals surface area contributed by atoms with Crippen LogP contribution in [-0.4, -0.2) is 60.8 Å². The van der Waals surface area contributed by atoms with Gasteiger partial charge in [-0.3, -0.25) is 4.90 Å². The molecule has 9 heteroatoms. The van der Waals surface area contributed by atoms with E-state index in [9.17, 15) is 18.7 Å². The van der Waals surface area contributed by atoms with E-state index in [1.54, 1.807) is 26.4 Å². The number of fused-ring (bicyclic) bond motifs is 1. The van der Waals surface area contributed by atoms with Crippen LogP contribution < -0.4 is 10.1 Å². The van der Waals surface area contributed by atoms with E-state index in [2.05, 4.69) is 15.2 Å². The molecule has 1 atom stereocenters. The van der Waals surface area contributed by atoms with Crippen LogP contribution in [0.2, 0.25) is 0 Å². The van der Waals surface area contributed by atoms with E-state index in [4.69, 9.17) is 9.47 Å². The number of rotatable bonds is 9. The molecule has 3 N–H and O–H groups in total. The molecule has 38 heavy (non-hydrogen) atoms. The molecule has 1 saturated carbocycles. The number of aromatic amines is 1. The van der Waals surface area contributed by atoms with Crippen molar-refractivity contribution in [2.24, 2.45) is 5.41 Å². The molecule has 0 radical (unpaired) electrons. The van der Waals surface area contributed by atoms with Crippen molar-refractivity contribution >= 4 is 22.6 Å². The van der Waals surface area contributed by atoms with Gasteiger partial charge in [-0.1, -0.05) is 6.07 Å². The van der Waals surface area contributed by atoms with E-state index < -0.39 is 17.3 Å². The summed E-state index contributed by atoms with van der Waals surface area (Å²) in [6.07, 6.45) is 3.00. The Labute approximate surface area is 221 Å². The van der Waals surface area contributed by atoms with Crippen LogP contribution in [0.25, 0.3) is 10.9 Å². The predicted molar refractivity (Wildman–Crippen MR) is 142 cm³/mol. The Morgan fingerprint density at radius 2 is 2.03 bits per heavy atom. The van der Waals surface area contributed by atoms with Gasteiger partial charge in [-0.25, -0.2) is 13.6 Å². The number of hydrogen-bond donors (Lipinski definition) is 3. The lowest BCUT2D eigenvalue weighted by Gasteiger charge is -2.55. The summed E-state index contributed by atoms with van der Waals surface area (Å²) < 4.78 is 39.2. The second kappa shape index (κ2) is 10.2. The average Bonchev–Trinajstić information content (AvgIpc) is 3.36. The number of piperidine rings is 1. The predicted octanol–water partition coefficient (Wildman–Crippen LogP) is 5.99. The summed E-state index contributed by atoms with van der Waals surface area (Å²) in [7, 11) is 3.27. The molecule has 3 aromatic rings. The van der Waals surface area contributed by atoms with Gasteiger partial charge in [-0.05, 0) is 67.1 Å². The Morgan fingerprint density at radius 1 is 1.24 bits per heavy atom. The van der Waals surface area contributed by atoms with Gasteiger partial charge in [0.05, 0.1) is 19.3 Å². The topological polar surface area (TPSA) is 86.8 Å². The van der Waals surface area contributed by atoms with Crippen LogP contribution in [0.15, 0.2) is 36.5 Å². The largest absolute Gasteiger partial charge is 0.496 e. The Bertz CT molecular complexity index is 1330. The molecule has 1 aliphatic carbocycles. The molecule has 204 valence electrons. The van der Waals surface area contributed by atoms with Crippen LogP contribution in [0.4, 0.5) is 14.5 Å². The molecule has 1 saturated heterocycles. The number of likely N-dealkylation sites (tertiary alicyclic amines) is 1. The summed E-state index contributed by atoms with van der Waals surface area (Å²) in [5, 5.41) is 14.0. The number of H-pyrrole nitrogens is 1. The summed E-state index contributed by atoms with van der Waals surface area (Å²) >= 11 is 0. The van der Waals surface area contributed by atoms with Crippen LogP contribution in [-0.2, 0) is 11.3 Å². The molecule has 0 amide bonds. The van der Waals surface area contributed by atoms with E-state index in [0.29, 0.717) is 44.8 Å². The number of benzene rings is 2. The third-order valence-electron chi connectivity index (χ3n) is 8.24. The Hall–Kier alpha value is -3.17. The highest BCUT2D eigenvalue weighted by Crippen LogP contribution is 2.61. The fourth-order valence-electron chi connectivity index (χ4n) is 6.45. The molecular formula is C29H35F2N3O4. The second-order valence-corrected chi connectivity index (χ2v) is 10.8. The number of anilines is 1. The zero-order valence-corrected chi connectivity index (χ0v) is 22.1. The van der Waals surface area contributed by atoms with Gasteiger partial charge in [0, 0.05) is 67.4 Å². The zero-order valence-electron chi connectivity index (χ0n) is 22.1. The second-order valence-electron chi connectivity index (χ2n) is 10.8. The summed E-state index contributed by atoms with van der Waals surface area (Å²) in [6, 6.07) is 8.98. The lowest BCUT2D eigenvalue weighted by Crippen LogP contribution is -2.53. The van der Waals surface area contributed by atoms with E-state index in [1.807, 2.05) is 31.3 Å². The molecule has 2 heterocycles. The molecule has 2 fully saturated rings. The fourth-order valence-corrected chi connectivity index (χ4v) is 6.45. The van der Waals surface area contributed by atoms with Crippen molar-refractivity contribution < 1.29 is 28.2 Å². The van der Waals surface area contributed by atoms with E-state index in [-0.39, 0.29) is 24.4 Å². The molecule has 1 aliphatic heterocycles. The van der Waals surface area contributed by atoms with Gasteiger partial charge in [0.1, 0.15) is 5.75 Å². The maximum atomic E-state index is 14.1. The molecule has 1 aromatic heterocycles. The number of aryl methyl sites for hydroxylation is 1. The molecule has 0 unspecified atom stereocenters. The highest BCUT2D eigenvalue weighted by molar-refractivity contribution is 5.89. The smallest absolute Gasteiger partial charge is 0.335 e. The van der Waals surface area contributed by atoms with Gasteiger partial charge in [0.2, 0.25) is 5.92 Å². The van der Waals surface area contributed by atoms with Crippen LogP contribution in [0.1, 0.15) is 58.8 Å². The molecule has 2 aliphatic rings. The van der Waals surface area contributed by atoms with E-state index >= 15 is 0 Å². The van der Waals surface area contributed by atoms with Crippen LogP contribution in [0.3, 0.4) is 0 Å². The van der Waals surface area contributed by atoms with E-state index in [1.165, 1.54) is 0 Å². The first-order valence-corrected chi connectivity index (χ1v) is 13.0. The number of carboxylic acid groups (broad SMARTS) is 1. The molecular weight excluding hydrogens is 492 g/mol. The SMILES string of the molecule is COCCNc1cc(C(=O)O)ccc1[C@@H]1CC2(CCN1Cc1c(OC)cc(C)c3[nH]ccc13)CC(F)(F)C2. The van der Waals surface area contributed by atoms with Gasteiger partial charge < -0.3 is 24.9 Å². The summed E-state index contributed by atoms with van der Waals surface area (Å²) in [6.45, 7) is 4.22. The van der Waals surface area contributed by atoms with Crippen molar-refractivity contribution in [3.05, 3.63) is 58.8 Å². The first kappa shape index (κ1) is 26.4. The number of alkyl halides is 2. The monoisotopic (exact) mass is 527 g/mol. The Morgan fingerprint density at radius 3 is 2.71 bits per heavy atom. The summed E-state index contributed by atoms with van der Waals surface area (Å²) in [4.78, 5) is 17.4. The molecule has 1 spiro atoms. The fraction of sp³-hybridized carbons (Fsp3) is 0.483. The minimum absolute atomic E-state index is 0.0973. The molecule has 5 rings (SSSR count). The quantitative estimate of drug-likeness (QED) is 0.296.